The van der Waals surface area contributed by atoms with E-state index in [4.69, 9.17) is 46.4 Å². The van der Waals surface area contributed by atoms with Crippen LogP contribution < -0.4 is 0 Å². The second-order valence-corrected chi connectivity index (χ2v) is 20.7. The molecule has 0 bridgehead atoms. The fourth-order valence-corrected chi connectivity index (χ4v) is 11.3. The molecule has 0 amide bonds. The standard InChI is InChI=1S/C65H48F3N15/c1-32-23-46(25-47(24-32)65(66,67)68)41-11-17-55(82-56-18-12-42(61-74-33(2)70-34(3)75-61)27-50(56)51-28-43(13-19-57(51)82)62-76-35(4)71-36(5)77-62)49(26-41)54-31-48(69-10)16-22-60(54)83-58-20-14-44(63-78-37(6)72-38(7)79-63)29-52(58)53-30-45(15-21-59(53)83)64-80-39(8)73-40(9)81-64/h11-31H,1-9H3. The van der Waals surface area contributed by atoms with E-state index in [1.807, 2.05) is 134 Å². The topological polar surface area (TPSA) is 169 Å². The summed E-state index contributed by atoms with van der Waals surface area (Å²) in [6.45, 7) is 24.8. The Balaban J connectivity index is 1.13. The number of aryl methyl sites for hydroxylation is 9. The lowest BCUT2D eigenvalue weighted by molar-refractivity contribution is -0.137. The van der Waals surface area contributed by atoms with Gasteiger partial charge in [-0.15, -0.1) is 0 Å². The molecule has 0 N–H and O–H groups in total. The number of fused-ring (bicyclic) bond motifs is 6. The molecule has 6 heterocycles. The van der Waals surface area contributed by atoms with E-state index in [1.54, 1.807) is 19.1 Å². The predicted molar refractivity (Wildman–Crippen MR) is 315 cm³/mol. The van der Waals surface area contributed by atoms with Gasteiger partial charge in [0.25, 0.3) is 0 Å². The van der Waals surface area contributed by atoms with E-state index in [2.05, 4.69) is 58.2 Å². The molecular formula is C65H48F3N15. The van der Waals surface area contributed by atoms with Crippen molar-refractivity contribution in [2.24, 2.45) is 0 Å². The number of halogens is 3. The summed E-state index contributed by atoms with van der Waals surface area (Å²) in [5, 5.41) is 3.45. The molecule has 404 valence electrons. The van der Waals surface area contributed by atoms with E-state index in [-0.39, 0.29) is 0 Å². The molecule has 0 aliphatic rings. The molecular weight excluding hydrogens is 1050 g/mol. The zero-order chi connectivity index (χ0) is 57.7. The second-order valence-electron chi connectivity index (χ2n) is 20.7. The third-order valence-corrected chi connectivity index (χ3v) is 14.6. The van der Waals surface area contributed by atoms with Crippen LogP contribution in [0.25, 0.3) is 128 Å². The van der Waals surface area contributed by atoms with Crippen molar-refractivity contribution in [2.45, 2.75) is 68.5 Å². The van der Waals surface area contributed by atoms with E-state index >= 15 is 0 Å². The van der Waals surface area contributed by atoms with Crippen LogP contribution in [0.5, 0.6) is 0 Å². The molecule has 0 radical (unpaired) electrons. The molecule has 83 heavy (non-hydrogen) atoms. The highest BCUT2D eigenvalue weighted by Gasteiger charge is 2.31. The number of hydrogen-bond donors (Lipinski definition) is 0. The lowest BCUT2D eigenvalue weighted by Crippen LogP contribution is -2.05. The molecule has 6 aromatic heterocycles. The molecule has 0 aliphatic carbocycles. The normalized spacial score (nSPS) is 11.8. The number of rotatable bonds is 8. The van der Waals surface area contributed by atoms with Crippen LogP contribution in [0, 0.1) is 68.9 Å². The molecule has 0 fully saturated rings. The molecule has 18 heteroatoms. The van der Waals surface area contributed by atoms with Crippen molar-refractivity contribution < 1.29 is 13.2 Å². The number of aromatic nitrogens is 14. The number of alkyl halides is 3. The van der Waals surface area contributed by atoms with Crippen molar-refractivity contribution in [3.8, 4) is 79.2 Å². The maximum Gasteiger partial charge on any atom is 0.416 e. The van der Waals surface area contributed by atoms with Crippen LogP contribution in [0.1, 0.15) is 57.7 Å². The van der Waals surface area contributed by atoms with Crippen LogP contribution in [-0.2, 0) is 6.18 Å². The Kier molecular flexibility index (Phi) is 12.3. The van der Waals surface area contributed by atoms with Gasteiger partial charge in [-0.1, -0.05) is 18.2 Å². The number of benzene rings is 7. The van der Waals surface area contributed by atoms with Gasteiger partial charge in [0, 0.05) is 49.4 Å². The lowest BCUT2D eigenvalue weighted by atomic mass is 9.93. The number of nitrogens with zero attached hydrogens (tertiary/aromatic N) is 15. The van der Waals surface area contributed by atoms with Gasteiger partial charge in [0.15, 0.2) is 29.0 Å². The highest BCUT2D eigenvalue weighted by molar-refractivity contribution is 6.14. The minimum atomic E-state index is -4.60. The molecule has 15 nitrogen and oxygen atoms in total. The maximum absolute atomic E-state index is 14.7. The molecule has 0 spiro atoms. The van der Waals surface area contributed by atoms with E-state index in [0.29, 0.717) is 115 Å². The molecule has 7 aromatic carbocycles. The van der Waals surface area contributed by atoms with Gasteiger partial charge in [-0.3, -0.25) is 0 Å². The largest absolute Gasteiger partial charge is 0.416 e. The summed E-state index contributed by atoms with van der Waals surface area (Å²) < 4.78 is 48.4. The monoisotopic (exact) mass is 1100 g/mol. The molecule has 0 unspecified atom stereocenters. The Morgan fingerprint density at radius 2 is 0.663 bits per heavy atom. The van der Waals surface area contributed by atoms with E-state index in [0.717, 1.165) is 71.9 Å². The van der Waals surface area contributed by atoms with Gasteiger partial charge in [0.05, 0.1) is 45.6 Å². The van der Waals surface area contributed by atoms with Crippen molar-refractivity contribution in [1.82, 2.24) is 68.9 Å². The first-order valence-electron chi connectivity index (χ1n) is 26.6. The minimum Gasteiger partial charge on any atom is -0.309 e. The number of hydrogen-bond acceptors (Lipinski definition) is 12. The summed E-state index contributed by atoms with van der Waals surface area (Å²) in [4.78, 5) is 59.7. The first-order valence-corrected chi connectivity index (χ1v) is 26.6. The quantitative estimate of drug-likeness (QED) is 0.132. The van der Waals surface area contributed by atoms with Gasteiger partial charge >= 0.3 is 6.18 Å². The summed E-state index contributed by atoms with van der Waals surface area (Å²) >= 11 is 0. The second kappa shape index (κ2) is 19.6. The summed E-state index contributed by atoms with van der Waals surface area (Å²) in [5.41, 5.74) is 9.94. The Labute approximate surface area is 473 Å². The van der Waals surface area contributed by atoms with E-state index in [1.165, 1.54) is 6.07 Å². The van der Waals surface area contributed by atoms with Crippen molar-refractivity contribution in [3.05, 3.63) is 197 Å². The summed E-state index contributed by atoms with van der Waals surface area (Å²) in [7, 11) is 0. The first kappa shape index (κ1) is 51.9. The third kappa shape index (κ3) is 9.41. The summed E-state index contributed by atoms with van der Waals surface area (Å²) in [6.07, 6.45) is -4.60. The summed E-state index contributed by atoms with van der Waals surface area (Å²) in [5.74, 6) is 6.77. The molecule has 0 atom stereocenters. The maximum atomic E-state index is 14.7. The SMILES string of the molecule is [C-]#[N+]c1ccc(-n2c3ccc(-c4nc(C)nc(C)n4)cc3c3cc(-c4nc(C)nc(C)n4)ccc32)c(-c2cc(-c3cc(C)cc(C(F)(F)F)c3)ccc2-n2c3ccc(-c4nc(C)nc(C)n4)cc3c3cc(-c4nc(C)nc(C)n4)ccc32)c1. The van der Waals surface area contributed by atoms with Crippen LogP contribution in [0.4, 0.5) is 18.9 Å². The van der Waals surface area contributed by atoms with Crippen LogP contribution in [0.2, 0.25) is 0 Å². The van der Waals surface area contributed by atoms with Gasteiger partial charge in [-0.25, -0.2) is 64.7 Å². The average Bonchev–Trinajstić information content (AvgIpc) is 2.63. The highest BCUT2D eigenvalue weighted by atomic mass is 19.4. The average molecular weight is 1100 g/mol. The zero-order valence-corrected chi connectivity index (χ0v) is 46.5. The van der Waals surface area contributed by atoms with Crippen molar-refractivity contribution in [1.29, 1.82) is 0 Å². The molecule has 13 rings (SSSR count). The van der Waals surface area contributed by atoms with Crippen molar-refractivity contribution in [2.75, 3.05) is 0 Å². The summed E-state index contributed by atoms with van der Waals surface area (Å²) in [6, 6.07) is 39.8. The van der Waals surface area contributed by atoms with Gasteiger partial charge in [0.2, 0.25) is 0 Å². The highest BCUT2D eigenvalue weighted by Crippen LogP contribution is 2.46. The van der Waals surface area contributed by atoms with Crippen molar-refractivity contribution >= 4 is 49.3 Å². The van der Waals surface area contributed by atoms with Gasteiger partial charge in [-0.2, -0.15) is 13.2 Å². The van der Waals surface area contributed by atoms with E-state index < -0.39 is 11.7 Å². The molecule has 0 aliphatic heterocycles. The van der Waals surface area contributed by atoms with Gasteiger partial charge < -0.3 is 9.13 Å². The fraction of sp³-hybridized carbons (Fsp3) is 0.154. The molecule has 0 saturated carbocycles. The first-order chi connectivity index (χ1) is 39.8. The van der Waals surface area contributed by atoms with Crippen LogP contribution in [0.3, 0.4) is 0 Å². The van der Waals surface area contributed by atoms with Crippen LogP contribution >= 0.6 is 0 Å². The Morgan fingerprint density at radius 1 is 0.337 bits per heavy atom. The Hall–Kier alpha value is -10.5. The Bertz CT molecular complexity index is 4640. The van der Waals surface area contributed by atoms with E-state index in [9.17, 15) is 13.2 Å². The van der Waals surface area contributed by atoms with Crippen LogP contribution in [-0.4, -0.2) is 68.9 Å². The van der Waals surface area contributed by atoms with Crippen molar-refractivity contribution in [3.63, 3.8) is 0 Å². The van der Waals surface area contributed by atoms with Gasteiger partial charge in [0.1, 0.15) is 46.6 Å². The van der Waals surface area contributed by atoms with Crippen LogP contribution in [0.15, 0.2) is 127 Å². The molecule has 0 saturated heterocycles. The molecule has 13 aromatic rings. The smallest absolute Gasteiger partial charge is 0.309 e. The third-order valence-electron chi connectivity index (χ3n) is 14.6. The zero-order valence-electron chi connectivity index (χ0n) is 46.5. The fourth-order valence-electron chi connectivity index (χ4n) is 11.3. The minimum absolute atomic E-state index is 0.351. The van der Waals surface area contributed by atoms with Gasteiger partial charge in [-0.05, 0) is 194 Å². The lowest BCUT2D eigenvalue weighted by Gasteiger charge is -2.21. The Morgan fingerprint density at radius 3 is 1.00 bits per heavy atom. The predicted octanol–water partition coefficient (Wildman–Crippen LogP) is 15.0.